The van der Waals surface area contributed by atoms with E-state index in [0.717, 1.165) is 9.13 Å². The van der Waals surface area contributed by atoms with Crippen molar-refractivity contribution in [1.29, 1.82) is 0 Å². The molecule has 0 spiro atoms. The van der Waals surface area contributed by atoms with Gasteiger partial charge in [0.2, 0.25) is 0 Å². The molecule has 0 bridgehead atoms. The van der Waals surface area contributed by atoms with Crippen LogP contribution >= 0.6 is 34.2 Å². The lowest BCUT2D eigenvalue weighted by atomic mass is 10.1. The Morgan fingerprint density at radius 2 is 1.68 bits per heavy atom. The molecule has 0 aromatic heterocycles. The van der Waals surface area contributed by atoms with Gasteiger partial charge in [0.1, 0.15) is 12.4 Å². The number of ketones is 1. The van der Waals surface area contributed by atoms with Gasteiger partial charge >= 0.3 is 0 Å². The number of benzene rings is 2. The molecule has 0 aliphatic rings. The molecule has 2 aromatic rings. The molecular formula is C15H12ClIO2. The van der Waals surface area contributed by atoms with E-state index < -0.39 is 0 Å². The Hall–Kier alpha value is -1.07. The lowest BCUT2D eigenvalue weighted by Crippen LogP contribution is -2.13. The van der Waals surface area contributed by atoms with Crippen LogP contribution in [0, 0.1) is 3.57 Å². The van der Waals surface area contributed by atoms with Gasteiger partial charge in [-0.05, 0) is 64.6 Å². The van der Waals surface area contributed by atoms with Crippen LogP contribution in [-0.2, 0) is 11.2 Å². The van der Waals surface area contributed by atoms with Crippen molar-refractivity contribution in [1.82, 2.24) is 0 Å². The van der Waals surface area contributed by atoms with Crippen LogP contribution in [0.5, 0.6) is 5.75 Å². The van der Waals surface area contributed by atoms with Crippen LogP contribution in [0.25, 0.3) is 0 Å². The number of halogens is 2. The average molecular weight is 387 g/mol. The molecule has 2 rings (SSSR count). The van der Waals surface area contributed by atoms with Gasteiger partial charge in [0.25, 0.3) is 0 Å². The van der Waals surface area contributed by atoms with Crippen LogP contribution < -0.4 is 4.74 Å². The largest absolute Gasteiger partial charge is 0.486 e. The minimum atomic E-state index is 0.0520. The summed E-state index contributed by atoms with van der Waals surface area (Å²) >= 11 is 8.01. The van der Waals surface area contributed by atoms with E-state index in [1.54, 1.807) is 24.3 Å². The first kappa shape index (κ1) is 14.3. The normalized spacial score (nSPS) is 10.2. The van der Waals surface area contributed by atoms with Crippen molar-refractivity contribution < 1.29 is 9.53 Å². The fraction of sp³-hybridized carbons (Fsp3) is 0.133. The van der Waals surface area contributed by atoms with Crippen LogP contribution in [0.3, 0.4) is 0 Å². The molecule has 19 heavy (non-hydrogen) atoms. The molecule has 0 saturated carbocycles. The highest BCUT2D eigenvalue weighted by Gasteiger charge is 2.05. The van der Waals surface area contributed by atoms with Crippen molar-refractivity contribution in [2.24, 2.45) is 0 Å². The Kier molecular flexibility index (Phi) is 5.22. The summed E-state index contributed by atoms with van der Waals surface area (Å²) in [7, 11) is 0. The first-order chi connectivity index (χ1) is 9.13. The summed E-state index contributed by atoms with van der Waals surface area (Å²) in [6.45, 7) is 0.0770. The second-order valence-corrected chi connectivity index (χ2v) is 5.77. The van der Waals surface area contributed by atoms with Crippen molar-refractivity contribution in [3.63, 3.8) is 0 Å². The second kappa shape index (κ2) is 6.91. The third kappa shape index (κ3) is 4.84. The summed E-state index contributed by atoms with van der Waals surface area (Å²) in [5, 5.41) is 0.651. The molecule has 4 heteroatoms. The van der Waals surface area contributed by atoms with Gasteiger partial charge in [0.15, 0.2) is 5.78 Å². The first-order valence-electron chi connectivity index (χ1n) is 5.78. The van der Waals surface area contributed by atoms with Crippen molar-refractivity contribution in [3.05, 3.63) is 62.7 Å². The van der Waals surface area contributed by atoms with Crippen LogP contribution in [0.4, 0.5) is 0 Å². The zero-order chi connectivity index (χ0) is 13.7. The molecule has 0 aliphatic carbocycles. The van der Waals surface area contributed by atoms with Gasteiger partial charge in [-0.15, -0.1) is 0 Å². The fourth-order valence-corrected chi connectivity index (χ4v) is 2.06. The second-order valence-electron chi connectivity index (χ2n) is 4.08. The summed E-state index contributed by atoms with van der Waals surface area (Å²) in [6, 6.07) is 14.9. The van der Waals surface area contributed by atoms with E-state index in [0.29, 0.717) is 17.2 Å². The molecule has 0 fully saturated rings. The summed E-state index contributed by atoms with van der Waals surface area (Å²) in [5.41, 5.74) is 1.00. The monoisotopic (exact) mass is 386 g/mol. The Balaban J connectivity index is 1.84. The van der Waals surface area contributed by atoms with Gasteiger partial charge in [0, 0.05) is 15.0 Å². The minimum absolute atomic E-state index is 0.0520. The topological polar surface area (TPSA) is 26.3 Å². The summed E-state index contributed by atoms with van der Waals surface area (Å²) in [5.74, 6) is 0.705. The summed E-state index contributed by atoms with van der Waals surface area (Å²) < 4.78 is 6.57. The Morgan fingerprint density at radius 1 is 1.05 bits per heavy atom. The molecule has 0 atom stereocenters. The Morgan fingerprint density at radius 3 is 2.32 bits per heavy atom. The van der Waals surface area contributed by atoms with Crippen LogP contribution in [0.2, 0.25) is 5.02 Å². The van der Waals surface area contributed by atoms with Crippen LogP contribution in [-0.4, -0.2) is 12.4 Å². The van der Waals surface area contributed by atoms with E-state index in [1.807, 2.05) is 24.3 Å². The maximum Gasteiger partial charge on any atom is 0.174 e. The van der Waals surface area contributed by atoms with Gasteiger partial charge in [0.05, 0.1) is 0 Å². The van der Waals surface area contributed by atoms with E-state index >= 15 is 0 Å². The quantitative estimate of drug-likeness (QED) is 0.722. The van der Waals surface area contributed by atoms with Gasteiger partial charge < -0.3 is 4.74 Å². The van der Waals surface area contributed by atoms with Crippen LogP contribution in [0.15, 0.2) is 48.5 Å². The highest BCUT2D eigenvalue weighted by atomic mass is 127. The average Bonchev–Trinajstić information content (AvgIpc) is 2.41. The van der Waals surface area contributed by atoms with E-state index in [4.69, 9.17) is 16.3 Å². The zero-order valence-corrected chi connectivity index (χ0v) is 13.0. The van der Waals surface area contributed by atoms with Crippen LogP contribution in [0.1, 0.15) is 5.56 Å². The smallest absolute Gasteiger partial charge is 0.174 e. The van der Waals surface area contributed by atoms with Crippen molar-refractivity contribution in [2.75, 3.05) is 6.61 Å². The van der Waals surface area contributed by atoms with Gasteiger partial charge in [-0.25, -0.2) is 0 Å². The molecule has 2 aromatic carbocycles. The van der Waals surface area contributed by atoms with Gasteiger partial charge in [-0.2, -0.15) is 0 Å². The number of hydrogen-bond donors (Lipinski definition) is 0. The lowest BCUT2D eigenvalue weighted by Gasteiger charge is -2.05. The lowest BCUT2D eigenvalue weighted by molar-refractivity contribution is -0.120. The third-order valence-corrected chi connectivity index (χ3v) is 3.50. The minimum Gasteiger partial charge on any atom is -0.486 e. The SMILES string of the molecule is O=C(COc1ccc(Cl)cc1)Cc1ccc(I)cc1. The van der Waals surface area contributed by atoms with E-state index in [2.05, 4.69) is 22.6 Å². The van der Waals surface area contributed by atoms with Gasteiger partial charge in [-0.3, -0.25) is 4.79 Å². The van der Waals surface area contributed by atoms with E-state index in [1.165, 1.54) is 0 Å². The number of carbonyl (C=O) groups is 1. The number of rotatable bonds is 5. The van der Waals surface area contributed by atoms with Crippen molar-refractivity contribution >= 4 is 40.0 Å². The fourth-order valence-electron chi connectivity index (χ4n) is 1.58. The molecule has 0 heterocycles. The zero-order valence-electron chi connectivity index (χ0n) is 10.1. The number of carbonyl (C=O) groups excluding carboxylic acids is 1. The van der Waals surface area contributed by atoms with E-state index in [9.17, 15) is 4.79 Å². The molecule has 0 N–H and O–H groups in total. The van der Waals surface area contributed by atoms with E-state index in [-0.39, 0.29) is 12.4 Å². The Labute approximate surface area is 130 Å². The molecule has 0 amide bonds. The highest BCUT2D eigenvalue weighted by molar-refractivity contribution is 14.1. The predicted molar refractivity (Wildman–Crippen MR) is 84.8 cm³/mol. The molecule has 0 saturated heterocycles. The molecule has 2 nitrogen and oxygen atoms in total. The van der Waals surface area contributed by atoms with Gasteiger partial charge in [-0.1, -0.05) is 23.7 Å². The number of ether oxygens (including phenoxy) is 1. The third-order valence-electron chi connectivity index (χ3n) is 2.53. The molecule has 0 unspecified atom stereocenters. The standard InChI is InChI=1S/C15H12ClIO2/c16-12-3-7-15(8-4-12)19-10-14(18)9-11-1-5-13(17)6-2-11/h1-8H,9-10H2. The maximum absolute atomic E-state index is 11.8. The molecular weight excluding hydrogens is 375 g/mol. The number of Topliss-reactive ketones (excluding diaryl/α,β-unsaturated/α-hetero) is 1. The van der Waals surface area contributed by atoms with Crippen molar-refractivity contribution in [2.45, 2.75) is 6.42 Å². The molecule has 0 radical (unpaired) electrons. The highest BCUT2D eigenvalue weighted by Crippen LogP contribution is 2.15. The molecule has 0 aliphatic heterocycles. The molecule has 98 valence electrons. The Bertz CT molecular complexity index is 549. The first-order valence-corrected chi connectivity index (χ1v) is 7.23. The summed E-state index contributed by atoms with van der Waals surface area (Å²) in [6.07, 6.45) is 0.393. The number of hydrogen-bond acceptors (Lipinski definition) is 2. The predicted octanol–water partition coefficient (Wildman–Crippen LogP) is 4.14. The van der Waals surface area contributed by atoms with Crippen molar-refractivity contribution in [3.8, 4) is 5.75 Å². The maximum atomic E-state index is 11.8. The summed E-state index contributed by atoms with van der Waals surface area (Å²) in [4.78, 5) is 11.8.